The maximum atomic E-state index is 10.8. The van der Waals surface area contributed by atoms with Crippen molar-refractivity contribution >= 4 is 37.6 Å². The van der Waals surface area contributed by atoms with Crippen molar-refractivity contribution in [1.29, 1.82) is 0 Å². The summed E-state index contributed by atoms with van der Waals surface area (Å²) >= 11 is 3.38. The molecular weight excluding hydrogens is 322 g/mol. The van der Waals surface area contributed by atoms with E-state index in [-0.39, 0.29) is 0 Å². The number of halogens is 1. The predicted molar refractivity (Wildman–Crippen MR) is 75.2 cm³/mol. The standard InChI is InChI=1S/C9H16BrN5O2S/c1-11-8-7(10)9(14-6-13-8)12-4-3-5-15-18(2,16)17/h6,15H,3-5H2,1-2H3,(H2,11,12,13,14). The molecule has 0 radical (unpaired) electrons. The highest BCUT2D eigenvalue weighted by Gasteiger charge is 2.06. The topological polar surface area (TPSA) is 96.0 Å². The van der Waals surface area contributed by atoms with E-state index >= 15 is 0 Å². The lowest BCUT2D eigenvalue weighted by atomic mass is 10.4. The van der Waals surface area contributed by atoms with Crippen molar-refractivity contribution in [3.05, 3.63) is 10.8 Å². The maximum Gasteiger partial charge on any atom is 0.208 e. The number of nitrogens with zero attached hydrogens (tertiary/aromatic N) is 2. The molecule has 0 atom stereocenters. The van der Waals surface area contributed by atoms with Gasteiger partial charge in [0.15, 0.2) is 0 Å². The van der Waals surface area contributed by atoms with Crippen LogP contribution in [0.15, 0.2) is 10.8 Å². The first kappa shape index (κ1) is 15.1. The molecule has 0 aliphatic rings. The van der Waals surface area contributed by atoms with Crippen LogP contribution >= 0.6 is 15.9 Å². The molecular formula is C9H16BrN5O2S. The van der Waals surface area contributed by atoms with Crippen LogP contribution in [-0.4, -0.2) is 44.8 Å². The Morgan fingerprint density at radius 1 is 1.28 bits per heavy atom. The lowest BCUT2D eigenvalue weighted by molar-refractivity contribution is 0.586. The zero-order chi connectivity index (χ0) is 13.6. The number of sulfonamides is 1. The molecule has 1 heterocycles. The molecule has 1 aromatic rings. The van der Waals surface area contributed by atoms with Crippen LogP contribution in [0.1, 0.15) is 6.42 Å². The highest BCUT2D eigenvalue weighted by Crippen LogP contribution is 2.25. The number of nitrogens with one attached hydrogen (secondary N) is 3. The van der Waals surface area contributed by atoms with Crippen molar-refractivity contribution in [2.45, 2.75) is 6.42 Å². The van der Waals surface area contributed by atoms with Gasteiger partial charge in [0.2, 0.25) is 10.0 Å². The van der Waals surface area contributed by atoms with Crippen LogP contribution in [0.3, 0.4) is 0 Å². The summed E-state index contributed by atoms with van der Waals surface area (Å²) in [7, 11) is -1.34. The summed E-state index contributed by atoms with van der Waals surface area (Å²) in [4.78, 5) is 8.12. The molecule has 0 aromatic carbocycles. The van der Waals surface area contributed by atoms with Gasteiger partial charge in [-0.3, -0.25) is 0 Å². The Hall–Kier alpha value is -0.930. The van der Waals surface area contributed by atoms with E-state index in [1.807, 2.05) is 0 Å². The van der Waals surface area contributed by atoms with Crippen LogP contribution in [-0.2, 0) is 10.0 Å². The van der Waals surface area contributed by atoms with Crippen LogP contribution in [0.4, 0.5) is 11.6 Å². The quantitative estimate of drug-likeness (QED) is 0.631. The van der Waals surface area contributed by atoms with Crippen LogP contribution in [0.25, 0.3) is 0 Å². The number of hydrogen-bond acceptors (Lipinski definition) is 6. The molecule has 0 unspecified atom stereocenters. The minimum absolute atomic E-state index is 0.396. The third kappa shape index (κ3) is 5.15. The van der Waals surface area contributed by atoms with E-state index in [0.717, 1.165) is 10.7 Å². The minimum atomic E-state index is -3.11. The van der Waals surface area contributed by atoms with E-state index in [1.165, 1.54) is 6.33 Å². The van der Waals surface area contributed by atoms with Gasteiger partial charge in [0.1, 0.15) is 22.4 Å². The van der Waals surface area contributed by atoms with Gasteiger partial charge < -0.3 is 10.6 Å². The molecule has 0 spiro atoms. The first-order valence-electron chi connectivity index (χ1n) is 5.31. The summed E-state index contributed by atoms with van der Waals surface area (Å²) in [5.74, 6) is 1.37. The van der Waals surface area contributed by atoms with Gasteiger partial charge in [-0.2, -0.15) is 0 Å². The SMILES string of the molecule is CNc1ncnc(NCCCNS(C)(=O)=O)c1Br. The molecule has 0 aliphatic carbocycles. The molecule has 1 aromatic heterocycles. The zero-order valence-corrected chi connectivity index (χ0v) is 12.6. The van der Waals surface area contributed by atoms with Gasteiger partial charge in [-0.15, -0.1) is 0 Å². The molecule has 0 bridgehead atoms. The summed E-state index contributed by atoms with van der Waals surface area (Å²) in [5, 5.41) is 6.03. The Balaban J connectivity index is 2.40. The summed E-state index contributed by atoms with van der Waals surface area (Å²) in [6.07, 6.45) is 3.26. The van der Waals surface area contributed by atoms with Gasteiger partial charge in [-0.05, 0) is 22.4 Å². The molecule has 3 N–H and O–H groups in total. The van der Waals surface area contributed by atoms with E-state index in [2.05, 4.69) is 41.3 Å². The fourth-order valence-electron chi connectivity index (χ4n) is 1.22. The Morgan fingerprint density at radius 3 is 2.56 bits per heavy atom. The van der Waals surface area contributed by atoms with Crippen molar-refractivity contribution in [2.75, 3.05) is 37.0 Å². The third-order valence-corrected chi connectivity index (χ3v) is 3.52. The molecule has 0 amide bonds. The van der Waals surface area contributed by atoms with Crippen LogP contribution < -0.4 is 15.4 Å². The second-order valence-electron chi connectivity index (χ2n) is 3.58. The third-order valence-electron chi connectivity index (χ3n) is 2.04. The van der Waals surface area contributed by atoms with Crippen molar-refractivity contribution in [3.8, 4) is 0 Å². The van der Waals surface area contributed by atoms with Gasteiger partial charge in [0, 0.05) is 20.1 Å². The van der Waals surface area contributed by atoms with Gasteiger partial charge in [0.05, 0.1) is 6.26 Å². The van der Waals surface area contributed by atoms with E-state index < -0.39 is 10.0 Å². The number of anilines is 2. The maximum absolute atomic E-state index is 10.8. The van der Waals surface area contributed by atoms with E-state index in [4.69, 9.17) is 0 Å². The van der Waals surface area contributed by atoms with Crippen molar-refractivity contribution in [3.63, 3.8) is 0 Å². The average molecular weight is 338 g/mol. The Kier molecular flexibility index (Phi) is 5.76. The monoisotopic (exact) mass is 337 g/mol. The van der Waals surface area contributed by atoms with Crippen molar-refractivity contribution in [1.82, 2.24) is 14.7 Å². The Bertz CT molecular complexity index is 494. The second-order valence-corrected chi connectivity index (χ2v) is 6.21. The molecule has 0 aliphatic heterocycles. The van der Waals surface area contributed by atoms with Gasteiger partial charge in [0.25, 0.3) is 0 Å². The summed E-state index contributed by atoms with van der Waals surface area (Å²) < 4.78 is 24.8. The smallest absolute Gasteiger partial charge is 0.208 e. The highest BCUT2D eigenvalue weighted by atomic mass is 79.9. The average Bonchev–Trinajstić information content (AvgIpc) is 2.29. The van der Waals surface area contributed by atoms with Crippen molar-refractivity contribution < 1.29 is 8.42 Å². The number of aromatic nitrogens is 2. The molecule has 0 fully saturated rings. The molecule has 102 valence electrons. The first-order chi connectivity index (χ1) is 8.44. The van der Waals surface area contributed by atoms with Crippen LogP contribution in [0, 0.1) is 0 Å². The summed E-state index contributed by atoms with van der Waals surface area (Å²) in [5.41, 5.74) is 0. The normalized spacial score (nSPS) is 11.3. The van der Waals surface area contributed by atoms with Crippen molar-refractivity contribution in [2.24, 2.45) is 0 Å². The molecule has 18 heavy (non-hydrogen) atoms. The molecule has 0 saturated carbocycles. The Morgan fingerprint density at radius 2 is 1.94 bits per heavy atom. The van der Waals surface area contributed by atoms with Crippen LogP contribution in [0.5, 0.6) is 0 Å². The fourth-order valence-corrected chi connectivity index (χ4v) is 2.28. The van der Waals surface area contributed by atoms with E-state index in [0.29, 0.717) is 31.1 Å². The molecule has 0 saturated heterocycles. The van der Waals surface area contributed by atoms with Gasteiger partial charge in [-0.1, -0.05) is 0 Å². The highest BCUT2D eigenvalue weighted by molar-refractivity contribution is 9.10. The Labute approximate surface area is 115 Å². The number of hydrogen-bond donors (Lipinski definition) is 3. The van der Waals surface area contributed by atoms with Gasteiger partial charge >= 0.3 is 0 Å². The van der Waals surface area contributed by atoms with E-state index in [1.54, 1.807) is 7.05 Å². The molecule has 1 rings (SSSR count). The molecule has 7 nitrogen and oxygen atoms in total. The second kappa shape index (κ2) is 6.86. The van der Waals surface area contributed by atoms with E-state index in [9.17, 15) is 8.42 Å². The number of rotatable bonds is 7. The lowest BCUT2D eigenvalue weighted by Gasteiger charge is -2.09. The lowest BCUT2D eigenvalue weighted by Crippen LogP contribution is -2.24. The summed E-state index contributed by atoms with van der Waals surface area (Å²) in [6.45, 7) is 1.01. The minimum Gasteiger partial charge on any atom is -0.372 e. The first-order valence-corrected chi connectivity index (χ1v) is 7.99. The predicted octanol–water partition coefficient (Wildman–Crippen LogP) is 0.632. The van der Waals surface area contributed by atoms with Crippen LogP contribution in [0.2, 0.25) is 0 Å². The largest absolute Gasteiger partial charge is 0.372 e. The zero-order valence-electron chi connectivity index (χ0n) is 10.2. The van der Waals surface area contributed by atoms with Gasteiger partial charge in [-0.25, -0.2) is 23.1 Å². The fraction of sp³-hybridized carbons (Fsp3) is 0.556. The summed E-state index contributed by atoms with van der Waals surface area (Å²) in [6, 6.07) is 0. The molecule has 9 heteroatoms.